The highest BCUT2D eigenvalue weighted by Gasteiger charge is 2.42. The number of hydrogen-bond donors (Lipinski definition) is 0. The van der Waals surface area contributed by atoms with E-state index in [1.54, 1.807) is 0 Å². The summed E-state index contributed by atoms with van der Waals surface area (Å²) in [6.45, 7) is 2.64. The summed E-state index contributed by atoms with van der Waals surface area (Å²) in [6, 6.07) is 0. The Bertz CT molecular complexity index is 250. The molecule has 0 bridgehead atoms. The molecule has 0 aliphatic rings. The number of ether oxygens (including phenoxy) is 5. The molecule has 0 spiro atoms. The van der Waals surface area contributed by atoms with E-state index in [1.807, 2.05) is 0 Å². The minimum atomic E-state index is -1.65. The van der Waals surface area contributed by atoms with Crippen LogP contribution in [-0.4, -0.2) is 52.0 Å². The van der Waals surface area contributed by atoms with E-state index in [2.05, 4.69) is 4.74 Å². The largest absolute Gasteiger partial charge is 0.385 e. The van der Waals surface area contributed by atoms with Crippen LogP contribution < -0.4 is 0 Å². The molecule has 7 heteroatoms. The van der Waals surface area contributed by atoms with Gasteiger partial charge in [-0.3, -0.25) is 0 Å². The minimum Gasteiger partial charge on any atom is -0.385 e. The number of carbonyl (C=O) groups is 2. The molecular formula is C10H18O7. The first-order chi connectivity index (χ1) is 7.79. The summed E-state index contributed by atoms with van der Waals surface area (Å²) in [5.41, 5.74) is 0. The molecule has 0 heterocycles. The highest BCUT2D eigenvalue weighted by Crippen LogP contribution is 2.17. The van der Waals surface area contributed by atoms with Crippen LogP contribution in [0.25, 0.3) is 0 Å². The van der Waals surface area contributed by atoms with Crippen LogP contribution in [0.3, 0.4) is 0 Å². The summed E-state index contributed by atoms with van der Waals surface area (Å²) in [7, 11) is 5.00. The Morgan fingerprint density at radius 1 is 0.706 bits per heavy atom. The number of carbonyl (C=O) groups excluding carboxylic acids is 2. The zero-order valence-electron chi connectivity index (χ0n) is 10.9. The Balaban J connectivity index is 4.76. The molecule has 0 aromatic rings. The fourth-order valence-electron chi connectivity index (χ4n) is 0.770. The second kappa shape index (κ2) is 6.06. The molecule has 0 aliphatic heterocycles. The van der Waals surface area contributed by atoms with Gasteiger partial charge in [0.2, 0.25) is 0 Å². The summed E-state index contributed by atoms with van der Waals surface area (Å²) in [5, 5.41) is 0. The lowest BCUT2D eigenvalue weighted by Gasteiger charge is -2.27. The Labute approximate surface area is 99.9 Å². The summed E-state index contributed by atoms with van der Waals surface area (Å²) >= 11 is 0. The SMILES string of the molecule is COC(C)(OC)C(=O)OC(=O)C(C)(OC)OC. The summed E-state index contributed by atoms with van der Waals surface area (Å²) in [6.07, 6.45) is 0. The van der Waals surface area contributed by atoms with Crippen LogP contribution in [0.1, 0.15) is 13.8 Å². The van der Waals surface area contributed by atoms with Gasteiger partial charge in [0.05, 0.1) is 0 Å². The summed E-state index contributed by atoms with van der Waals surface area (Å²) in [4.78, 5) is 23.2. The van der Waals surface area contributed by atoms with Gasteiger partial charge in [-0.15, -0.1) is 0 Å². The monoisotopic (exact) mass is 250 g/mol. The topological polar surface area (TPSA) is 80.3 Å². The van der Waals surface area contributed by atoms with Gasteiger partial charge in [0.15, 0.2) is 0 Å². The summed E-state index contributed by atoms with van der Waals surface area (Å²) < 4.78 is 23.8. The second-order valence-electron chi connectivity index (χ2n) is 3.38. The molecule has 0 radical (unpaired) electrons. The second-order valence-corrected chi connectivity index (χ2v) is 3.38. The standard InChI is InChI=1S/C10H18O7/c1-9(13-3,14-4)7(11)17-8(12)10(2,15-5)16-6/h1-6H3. The van der Waals surface area contributed by atoms with Gasteiger partial charge in [-0.05, 0) is 0 Å². The van der Waals surface area contributed by atoms with E-state index >= 15 is 0 Å². The molecule has 0 saturated carbocycles. The van der Waals surface area contributed by atoms with Crippen molar-refractivity contribution in [3.05, 3.63) is 0 Å². The van der Waals surface area contributed by atoms with Gasteiger partial charge in [0.25, 0.3) is 11.6 Å². The lowest BCUT2D eigenvalue weighted by Crippen LogP contribution is -2.47. The van der Waals surface area contributed by atoms with Crippen molar-refractivity contribution in [2.24, 2.45) is 0 Å². The first kappa shape index (κ1) is 16.0. The van der Waals surface area contributed by atoms with Gasteiger partial charge >= 0.3 is 11.9 Å². The quantitative estimate of drug-likeness (QED) is 0.375. The van der Waals surface area contributed by atoms with E-state index in [4.69, 9.17) is 18.9 Å². The molecule has 0 aromatic heterocycles. The van der Waals surface area contributed by atoms with E-state index in [1.165, 1.54) is 42.3 Å². The summed E-state index contributed by atoms with van der Waals surface area (Å²) in [5.74, 6) is -5.29. The van der Waals surface area contributed by atoms with Crippen molar-refractivity contribution in [3.8, 4) is 0 Å². The Hall–Kier alpha value is -1.02. The van der Waals surface area contributed by atoms with Gasteiger partial charge in [-0.25, -0.2) is 9.59 Å². The molecule has 0 atom stereocenters. The highest BCUT2D eigenvalue weighted by molar-refractivity contribution is 5.92. The van der Waals surface area contributed by atoms with Crippen LogP contribution >= 0.6 is 0 Å². The van der Waals surface area contributed by atoms with Crippen LogP contribution in [0.5, 0.6) is 0 Å². The van der Waals surface area contributed by atoms with Crippen molar-refractivity contribution >= 4 is 11.9 Å². The van der Waals surface area contributed by atoms with E-state index in [-0.39, 0.29) is 0 Å². The van der Waals surface area contributed by atoms with Gasteiger partial charge < -0.3 is 23.7 Å². The third-order valence-corrected chi connectivity index (χ3v) is 2.49. The Morgan fingerprint density at radius 3 is 1.12 bits per heavy atom. The van der Waals surface area contributed by atoms with Crippen molar-refractivity contribution < 1.29 is 33.3 Å². The number of methoxy groups -OCH3 is 4. The van der Waals surface area contributed by atoms with Crippen LogP contribution in [0.15, 0.2) is 0 Å². The molecule has 0 aromatic carbocycles. The molecule has 0 amide bonds. The minimum absolute atomic E-state index is 0.993. The normalized spacial score (nSPS) is 12.4. The fourth-order valence-corrected chi connectivity index (χ4v) is 0.770. The van der Waals surface area contributed by atoms with Gasteiger partial charge in [0, 0.05) is 42.3 Å². The lowest BCUT2D eigenvalue weighted by molar-refractivity contribution is -0.242. The molecular weight excluding hydrogens is 232 g/mol. The van der Waals surface area contributed by atoms with Crippen LogP contribution in [0.2, 0.25) is 0 Å². The third kappa shape index (κ3) is 3.47. The number of rotatable bonds is 6. The van der Waals surface area contributed by atoms with Crippen molar-refractivity contribution in [1.29, 1.82) is 0 Å². The van der Waals surface area contributed by atoms with Crippen LogP contribution in [0, 0.1) is 0 Å². The molecule has 100 valence electrons. The molecule has 7 nitrogen and oxygen atoms in total. The Morgan fingerprint density at radius 2 is 0.941 bits per heavy atom. The smallest absolute Gasteiger partial charge is 0.374 e. The lowest BCUT2D eigenvalue weighted by atomic mass is 10.3. The molecule has 0 aliphatic carbocycles. The zero-order valence-corrected chi connectivity index (χ0v) is 10.9. The molecule has 0 unspecified atom stereocenters. The van der Waals surface area contributed by atoms with E-state index < -0.39 is 23.5 Å². The molecule has 17 heavy (non-hydrogen) atoms. The van der Waals surface area contributed by atoms with Gasteiger partial charge in [-0.1, -0.05) is 0 Å². The predicted molar refractivity (Wildman–Crippen MR) is 55.9 cm³/mol. The third-order valence-electron chi connectivity index (χ3n) is 2.49. The van der Waals surface area contributed by atoms with Gasteiger partial charge in [0.1, 0.15) is 0 Å². The van der Waals surface area contributed by atoms with E-state index in [0.29, 0.717) is 0 Å². The molecule has 0 fully saturated rings. The maximum absolute atomic E-state index is 11.6. The Kier molecular flexibility index (Phi) is 5.70. The average Bonchev–Trinajstić information content (AvgIpc) is 2.36. The van der Waals surface area contributed by atoms with E-state index in [9.17, 15) is 9.59 Å². The van der Waals surface area contributed by atoms with Crippen molar-refractivity contribution in [3.63, 3.8) is 0 Å². The molecule has 0 N–H and O–H groups in total. The van der Waals surface area contributed by atoms with Gasteiger partial charge in [-0.2, -0.15) is 0 Å². The average molecular weight is 250 g/mol. The zero-order chi connectivity index (χ0) is 13.7. The first-order valence-corrected chi connectivity index (χ1v) is 4.77. The fraction of sp³-hybridized carbons (Fsp3) is 0.800. The maximum atomic E-state index is 11.6. The van der Waals surface area contributed by atoms with Crippen LogP contribution in [-0.2, 0) is 33.3 Å². The predicted octanol–water partition coefficient (Wildman–Crippen LogP) is 0.0742. The number of esters is 2. The number of hydrogen-bond acceptors (Lipinski definition) is 7. The van der Waals surface area contributed by atoms with Crippen LogP contribution in [0.4, 0.5) is 0 Å². The molecule has 0 saturated heterocycles. The first-order valence-electron chi connectivity index (χ1n) is 4.77. The van der Waals surface area contributed by atoms with Crippen molar-refractivity contribution in [2.75, 3.05) is 28.4 Å². The van der Waals surface area contributed by atoms with Crippen molar-refractivity contribution in [1.82, 2.24) is 0 Å². The molecule has 0 rings (SSSR count). The van der Waals surface area contributed by atoms with E-state index in [0.717, 1.165) is 0 Å². The highest BCUT2D eigenvalue weighted by atomic mass is 16.7. The van der Waals surface area contributed by atoms with Crippen molar-refractivity contribution in [2.45, 2.75) is 25.4 Å². The maximum Gasteiger partial charge on any atom is 0.374 e.